The van der Waals surface area contributed by atoms with Gasteiger partial charge in [0.1, 0.15) is 0 Å². The molecule has 128 valence electrons. The molecule has 1 heterocycles. The molecule has 23 heavy (non-hydrogen) atoms. The fourth-order valence-corrected chi connectivity index (χ4v) is 4.01. The summed E-state index contributed by atoms with van der Waals surface area (Å²) in [5, 5.41) is 12.5. The first-order valence-electron chi connectivity index (χ1n) is 8.41. The number of hydrogen-bond donors (Lipinski definition) is 2. The van der Waals surface area contributed by atoms with E-state index in [1.165, 1.54) is 0 Å². The van der Waals surface area contributed by atoms with E-state index in [-0.39, 0.29) is 11.9 Å². The van der Waals surface area contributed by atoms with Gasteiger partial charge in [-0.1, -0.05) is 12.8 Å². The van der Waals surface area contributed by atoms with Crippen molar-refractivity contribution in [2.45, 2.75) is 71.9 Å². The van der Waals surface area contributed by atoms with Crippen molar-refractivity contribution < 1.29 is 14.7 Å². The summed E-state index contributed by atoms with van der Waals surface area (Å²) in [6.45, 7) is 9.98. The highest BCUT2D eigenvalue weighted by molar-refractivity contribution is 5.96. The molecular formula is C18H28N2O3. The lowest BCUT2D eigenvalue weighted by molar-refractivity contribution is -0.145. The first-order valence-corrected chi connectivity index (χ1v) is 8.41. The smallest absolute Gasteiger partial charge is 0.308 e. The number of nitrogens with zero attached hydrogens (tertiary/aromatic N) is 1. The number of hydrogen-bond acceptors (Lipinski definition) is 2. The summed E-state index contributed by atoms with van der Waals surface area (Å²) in [5.41, 5.74) is 1.95. The fraction of sp³-hybridized carbons (Fsp3) is 0.667. The summed E-state index contributed by atoms with van der Waals surface area (Å²) in [5.74, 6) is -1.51. The van der Waals surface area contributed by atoms with E-state index in [0.29, 0.717) is 18.4 Å². The molecule has 1 aromatic rings. The lowest BCUT2D eigenvalue weighted by Crippen LogP contribution is -2.55. The van der Waals surface area contributed by atoms with Crippen molar-refractivity contribution in [3.05, 3.63) is 23.0 Å². The molecule has 5 nitrogen and oxygen atoms in total. The van der Waals surface area contributed by atoms with E-state index in [2.05, 4.69) is 23.7 Å². The van der Waals surface area contributed by atoms with Gasteiger partial charge in [0.15, 0.2) is 0 Å². The Hall–Kier alpha value is -1.78. The van der Waals surface area contributed by atoms with Crippen LogP contribution in [-0.4, -0.2) is 27.1 Å². The second-order valence-corrected chi connectivity index (χ2v) is 7.26. The molecular weight excluding hydrogens is 292 g/mol. The number of carboxylic acids is 1. The molecule has 1 aromatic heterocycles. The van der Waals surface area contributed by atoms with Crippen molar-refractivity contribution in [1.29, 1.82) is 0 Å². The Morgan fingerprint density at radius 3 is 2.52 bits per heavy atom. The van der Waals surface area contributed by atoms with Crippen LogP contribution in [-0.2, 0) is 4.79 Å². The standard InChI is InChI=1S/C18H28N2O3/c1-11(2)20-12(3)10-14(13(20)4)16(21)19-18(5)9-7-6-8-15(18)17(22)23/h10-11,15H,6-9H2,1-5H3,(H,19,21)(H,22,23). The normalized spacial score (nSPS) is 24.7. The van der Waals surface area contributed by atoms with Gasteiger partial charge in [-0.2, -0.15) is 0 Å². The summed E-state index contributed by atoms with van der Waals surface area (Å²) >= 11 is 0. The molecule has 1 fully saturated rings. The number of carboxylic acid groups (broad SMARTS) is 1. The van der Waals surface area contributed by atoms with E-state index in [4.69, 9.17) is 0 Å². The zero-order valence-electron chi connectivity index (χ0n) is 14.8. The molecule has 1 amide bonds. The summed E-state index contributed by atoms with van der Waals surface area (Å²) in [6.07, 6.45) is 3.19. The van der Waals surface area contributed by atoms with Crippen molar-refractivity contribution >= 4 is 11.9 Å². The van der Waals surface area contributed by atoms with Crippen LogP contribution in [0.15, 0.2) is 6.07 Å². The summed E-state index contributed by atoms with van der Waals surface area (Å²) in [6, 6.07) is 2.18. The lowest BCUT2D eigenvalue weighted by atomic mass is 9.73. The number of rotatable bonds is 4. The number of aryl methyl sites for hydroxylation is 1. The SMILES string of the molecule is Cc1cc(C(=O)NC2(C)CCCCC2C(=O)O)c(C)n1C(C)C. The summed E-state index contributed by atoms with van der Waals surface area (Å²) in [4.78, 5) is 24.3. The van der Waals surface area contributed by atoms with E-state index < -0.39 is 17.4 Å². The van der Waals surface area contributed by atoms with Gasteiger partial charge in [-0.25, -0.2) is 0 Å². The van der Waals surface area contributed by atoms with Crippen LogP contribution < -0.4 is 5.32 Å². The van der Waals surface area contributed by atoms with E-state index in [9.17, 15) is 14.7 Å². The summed E-state index contributed by atoms with van der Waals surface area (Å²) < 4.78 is 2.13. The van der Waals surface area contributed by atoms with Crippen LogP contribution in [0.25, 0.3) is 0 Å². The molecule has 1 aliphatic carbocycles. The number of carbonyl (C=O) groups is 2. The minimum Gasteiger partial charge on any atom is -0.481 e. The summed E-state index contributed by atoms with van der Waals surface area (Å²) in [7, 11) is 0. The maximum Gasteiger partial charge on any atom is 0.308 e. The zero-order chi connectivity index (χ0) is 17.4. The highest BCUT2D eigenvalue weighted by atomic mass is 16.4. The molecule has 0 spiro atoms. The molecule has 0 aromatic carbocycles. The van der Waals surface area contributed by atoms with Crippen molar-refractivity contribution in [1.82, 2.24) is 9.88 Å². The topological polar surface area (TPSA) is 71.3 Å². The van der Waals surface area contributed by atoms with Gasteiger partial charge in [-0.05, 0) is 53.5 Å². The van der Waals surface area contributed by atoms with Crippen LogP contribution in [0.2, 0.25) is 0 Å². The van der Waals surface area contributed by atoms with Crippen molar-refractivity contribution in [3.63, 3.8) is 0 Å². The Labute approximate surface area is 138 Å². The van der Waals surface area contributed by atoms with Gasteiger partial charge in [0.25, 0.3) is 5.91 Å². The van der Waals surface area contributed by atoms with Gasteiger partial charge in [0.2, 0.25) is 0 Å². The van der Waals surface area contributed by atoms with E-state index in [1.54, 1.807) is 0 Å². The first kappa shape index (κ1) is 17.6. The third-order valence-electron chi connectivity index (χ3n) is 5.15. The molecule has 2 N–H and O–H groups in total. The van der Waals surface area contributed by atoms with Crippen molar-refractivity contribution in [2.24, 2.45) is 5.92 Å². The zero-order valence-corrected chi connectivity index (χ0v) is 14.8. The van der Waals surface area contributed by atoms with Crippen LogP contribution in [0.1, 0.15) is 74.2 Å². The molecule has 5 heteroatoms. The number of nitrogens with one attached hydrogen (secondary N) is 1. The molecule has 2 atom stereocenters. The second-order valence-electron chi connectivity index (χ2n) is 7.26. The predicted molar refractivity (Wildman–Crippen MR) is 89.8 cm³/mol. The number of amides is 1. The molecule has 0 saturated heterocycles. The molecule has 1 aliphatic rings. The van der Waals surface area contributed by atoms with E-state index in [1.807, 2.05) is 26.8 Å². The first-order chi connectivity index (χ1) is 10.7. The van der Waals surface area contributed by atoms with Crippen LogP contribution in [0.3, 0.4) is 0 Å². The third-order valence-corrected chi connectivity index (χ3v) is 5.15. The number of aromatic nitrogens is 1. The minimum absolute atomic E-state index is 0.166. The van der Waals surface area contributed by atoms with Gasteiger partial charge in [0, 0.05) is 17.4 Å². The molecule has 0 radical (unpaired) electrons. The van der Waals surface area contributed by atoms with Crippen molar-refractivity contribution in [2.75, 3.05) is 0 Å². The Kier molecular flexibility index (Phi) is 4.87. The maximum absolute atomic E-state index is 12.8. The van der Waals surface area contributed by atoms with E-state index >= 15 is 0 Å². The predicted octanol–water partition coefficient (Wildman–Crippen LogP) is 3.45. The monoisotopic (exact) mass is 320 g/mol. The minimum atomic E-state index is -0.819. The number of carbonyl (C=O) groups excluding carboxylic acids is 1. The quantitative estimate of drug-likeness (QED) is 0.892. The van der Waals surface area contributed by atoms with Gasteiger partial charge in [-0.3, -0.25) is 9.59 Å². The van der Waals surface area contributed by atoms with Gasteiger partial charge in [-0.15, -0.1) is 0 Å². The fourth-order valence-electron chi connectivity index (χ4n) is 4.01. The number of aliphatic carboxylic acids is 1. The Morgan fingerprint density at radius 1 is 1.35 bits per heavy atom. The van der Waals surface area contributed by atoms with Crippen molar-refractivity contribution in [3.8, 4) is 0 Å². The average molecular weight is 320 g/mol. The average Bonchev–Trinajstić information content (AvgIpc) is 2.73. The van der Waals surface area contributed by atoms with Crippen LogP contribution >= 0.6 is 0 Å². The van der Waals surface area contributed by atoms with E-state index in [0.717, 1.165) is 24.2 Å². The Morgan fingerprint density at radius 2 is 2.00 bits per heavy atom. The third kappa shape index (κ3) is 3.28. The van der Waals surface area contributed by atoms with Crippen LogP contribution in [0.5, 0.6) is 0 Å². The highest BCUT2D eigenvalue weighted by Crippen LogP contribution is 2.34. The molecule has 2 rings (SSSR count). The van der Waals surface area contributed by atoms with Crippen LogP contribution in [0.4, 0.5) is 0 Å². The molecule has 0 aliphatic heterocycles. The highest BCUT2D eigenvalue weighted by Gasteiger charge is 2.42. The van der Waals surface area contributed by atoms with Gasteiger partial charge < -0.3 is 15.0 Å². The maximum atomic E-state index is 12.8. The second kappa shape index (κ2) is 6.38. The molecule has 1 saturated carbocycles. The molecule has 2 unspecified atom stereocenters. The largest absolute Gasteiger partial charge is 0.481 e. The van der Waals surface area contributed by atoms with Gasteiger partial charge in [0.05, 0.1) is 17.0 Å². The van der Waals surface area contributed by atoms with Crippen LogP contribution in [0, 0.1) is 19.8 Å². The molecule has 0 bridgehead atoms. The Bertz CT molecular complexity index is 618. The van der Waals surface area contributed by atoms with Gasteiger partial charge >= 0.3 is 5.97 Å². The Balaban J connectivity index is 2.28. The lowest BCUT2D eigenvalue weighted by Gasteiger charge is -2.39.